The average molecular weight is 347 g/mol. The van der Waals surface area contributed by atoms with Gasteiger partial charge in [-0.3, -0.25) is 0 Å². The topological polar surface area (TPSA) is 9.23 Å². The molecule has 0 aliphatic heterocycles. The van der Waals surface area contributed by atoms with Gasteiger partial charge in [0.2, 0.25) is 0 Å². The maximum Gasteiger partial charge on any atom is 0.123 e. The first-order chi connectivity index (χ1) is 12.6. The van der Waals surface area contributed by atoms with Crippen LogP contribution in [0.2, 0.25) is 0 Å². The minimum atomic E-state index is -0.0515. The van der Waals surface area contributed by atoms with Crippen LogP contribution >= 0.6 is 0 Å². The van der Waals surface area contributed by atoms with E-state index in [1.54, 1.807) is 6.08 Å². The second kappa shape index (κ2) is 9.24. The Balaban J connectivity index is 2.49. The highest BCUT2D eigenvalue weighted by atomic mass is 16.5. The summed E-state index contributed by atoms with van der Waals surface area (Å²) in [5, 5.41) is 0. The second-order valence-electron chi connectivity index (χ2n) is 6.79. The molecule has 0 saturated carbocycles. The third kappa shape index (κ3) is 4.35. The van der Waals surface area contributed by atoms with Gasteiger partial charge >= 0.3 is 0 Å². The predicted octanol–water partition coefficient (Wildman–Crippen LogP) is 6.42. The first-order valence-corrected chi connectivity index (χ1v) is 9.27. The summed E-state index contributed by atoms with van der Waals surface area (Å²) in [5.74, 6) is 0.910. The van der Waals surface area contributed by atoms with Crippen molar-refractivity contribution in [3.8, 4) is 5.75 Å². The van der Waals surface area contributed by atoms with E-state index in [0.717, 1.165) is 25.0 Å². The normalized spacial score (nSPS) is 12.8. The van der Waals surface area contributed by atoms with Gasteiger partial charge in [-0.2, -0.15) is 0 Å². The van der Waals surface area contributed by atoms with Gasteiger partial charge in [0.1, 0.15) is 12.4 Å². The van der Waals surface area contributed by atoms with Crippen molar-refractivity contribution in [3.05, 3.63) is 103 Å². The average Bonchev–Trinajstić information content (AvgIpc) is 2.67. The van der Waals surface area contributed by atoms with Crippen LogP contribution in [-0.4, -0.2) is 6.61 Å². The molecule has 0 saturated heterocycles. The molecular weight excluding hydrogens is 316 g/mol. The van der Waals surface area contributed by atoms with Gasteiger partial charge in [0.15, 0.2) is 0 Å². The summed E-state index contributed by atoms with van der Waals surface area (Å²) in [6.07, 6.45) is 8.35. The van der Waals surface area contributed by atoms with E-state index >= 15 is 0 Å². The molecular formula is C25H30O. The molecule has 2 rings (SSSR count). The smallest absolute Gasteiger partial charge is 0.123 e. The fourth-order valence-corrected chi connectivity index (χ4v) is 3.31. The third-order valence-corrected chi connectivity index (χ3v) is 5.07. The van der Waals surface area contributed by atoms with E-state index in [9.17, 15) is 0 Å². The van der Waals surface area contributed by atoms with Gasteiger partial charge in [-0.1, -0.05) is 75.1 Å². The quantitative estimate of drug-likeness (QED) is 0.451. The zero-order valence-electron chi connectivity index (χ0n) is 16.1. The molecule has 0 aromatic heterocycles. The highest BCUT2D eigenvalue weighted by Crippen LogP contribution is 2.37. The van der Waals surface area contributed by atoms with Gasteiger partial charge in [0.25, 0.3) is 0 Å². The van der Waals surface area contributed by atoms with Gasteiger partial charge in [0, 0.05) is 5.41 Å². The second-order valence-corrected chi connectivity index (χ2v) is 6.79. The molecule has 0 bridgehead atoms. The lowest BCUT2D eigenvalue weighted by Crippen LogP contribution is -2.23. The molecule has 0 aliphatic rings. The van der Waals surface area contributed by atoms with Gasteiger partial charge in [0.05, 0.1) is 0 Å². The van der Waals surface area contributed by atoms with Gasteiger partial charge < -0.3 is 4.74 Å². The largest absolute Gasteiger partial charge is 0.489 e. The highest BCUT2D eigenvalue weighted by molar-refractivity contribution is 5.46. The number of hydrogen-bond acceptors (Lipinski definition) is 1. The Kier molecular flexibility index (Phi) is 7.03. The zero-order chi connectivity index (χ0) is 19.0. The van der Waals surface area contributed by atoms with Crippen molar-refractivity contribution in [1.82, 2.24) is 0 Å². The van der Waals surface area contributed by atoms with Crippen molar-refractivity contribution >= 4 is 0 Å². The molecule has 0 spiro atoms. The first kappa shape index (κ1) is 19.8. The van der Waals surface area contributed by atoms with Crippen LogP contribution in [0, 0.1) is 0 Å². The maximum absolute atomic E-state index is 5.82. The lowest BCUT2D eigenvalue weighted by molar-refractivity contribution is 0.359. The van der Waals surface area contributed by atoms with Gasteiger partial charge in [-0.25, -0.2) is 0 Å². The van der Waals surface area contributed by atoms with Gasteiger partial charge in [-0.15, -0.1) is 13.2 Å². The molecule has 136 valence electrons. The Morgan fingerprint density at radius 2 is 1.65 bits per heavy atom. The molecule has 1 nitrogen and oxygen atoms in total. The van der Waals surface area contributed by atoms with Crippen molar-refractivity contribution in [2.75, 3.05) is 6.61 Å². The molecule has 0 heterocycles. The van der Waals surface area contributed by atoms with Crippen LogP contribution in [0.1, 0.15) is 42.5 Å². The van der Waals surface area contributed by atoms with E-state index in [1.807, 2.05) is 12.2 Å². The molecule has 0 aliphatic carbocycles. The summed E-state index contributed by atoms with van der Waals surface area (Å²) >= 11 is 0. The van der Waals surface area contributed by atoms with Crippen LogP contribution in [0.4, 0.5) is 0 Å². The van der Waals surface area contributed by atoms with E-state index in [4.69, 9.17) is 4.74 Å². The minimum Gasteiger partial charge on any atom is -0.489 e. The van der Waals surface area contributed by atoms with Crippen LogP contribution in [-0.2, 0) is 18.3 Å². The van der Waals surface area contributed by atoms with E-state index in [-0.39, 0.29) is 5.41 Å². The Labute approximate surface area is 158 Å². The predicted molar refractivity (Wildman–Crippen MR) is 113 cm³/mol. The molecule has 0 fully saturated rings. The Morgan fingerprint density at radius 3 is 2.31 bits per heavy atom. The molecule has 26 heavy (non-hydrogen) atoms. The summed E-state index contributed by atoms with van der Waals surface area (Å²) in [6.45, 7) is 16.6. The van der Waals surface area contributed by atoms with Crippen LogP contribution in [0.25, 0.3) is 0 Å². The van der Waals surface area contributed by atoms with Crippen LogP contribution in [0.5, 0.6) is 5.75 Å². The Bertz CT molecular complexity index is 771. The SMILES string of the molecule is C=CCOc1ccc(C(C)(CC)c2cccc(CC=C)c2)cc1CC=C. The standard InChI is InChI=1S/C25H30O/c1-6-11-20-13-10-14-22(18-20)25(5,9-4)23-15-16-24(26-17-8-3)21(19-23)12-7-2/h6-8,10,13-16,18-19H,1-3,9,11-12,17H2,4-5H3. The van der Waals surface area contributed by atoms with Crippen molar-refractivity contribution in [2.24, 2.45) is 0 Å². The molecule has 1 heteroatoms. The number of hydrogen-bond donors (Lipinski definition) is 0. The number of ether oxygens (including phenoxy) is 1. The number of allylic oxidation sites excluding steroid dienone is 2. The van der Waals surface area contributed by atoms with E-state index < -0.39 is 0 Å². The molecule has 0 N–H and O–H groups in total. The first-order valence-electron chi connectivity index (χ1n) is 9.27. The Morgan fingerprint density at radius 1 is 0.923 bits per heavy atom. The minimum absolute atomic E-state index is 0.0515. The highest BCUT2D eigenvalue weighted by Gasteiger charge is 2.28. The fourth-order valence-electron chi connectivity index (χ4n) is 3.31. The lowest BCUT2D eigenvalue weighted by Gasteiger charge is -2.31. The summed E-state index contributed by atoms with van der Waals surface area (Å²) in [4.78, 5) is 0. The molecule has 1 atom stereocenters. The Hall–Kier alpha value is -2.54. The van der Waals surface area contributed by atoms with Crippen LogP contribution < -0.4 is 4.74 Å². The summed E-state index contributed by atoms with van der Waals surface area (Å²) in [5.41, 5.74) is 5.06. The molecule has 2 aromatic rings. The van der Waals surface area contributed by atoms with Crippen molar-refractivity contribution in [1.29, 1.82) is 0 Å². The zero-order valence-corrected chi connectivity index (χ0v) is 16.1. The molecule has 2 aromatic carbocycles. The van der Waals surface area contributed by atoms with E-state index in [2.05, 4.69) is 76.0 Å². The van der Waals surface area contributed by atoms with E-state index in [1.165, 1.54) is 22.3 Å². The summed E-state index contributed by atoms with van der Waals surface area (Å²) in [7, 11) is 0. The molecule has 0 radical (unpaired) electrons. The summed E-state index contributed by atoms with van der Waals surface area (Å²) in [6, 6.07) is 15.4. The van der Waals surface area contributed by atoms with Crippen molar-refractivity contribution in [2.45, 2.75) is 38.5 Å². The van der Waals surface area contributed by atoms with Gasteiger partial charge in [-0.05, 0) is 47.6 Å². The fraction of sp³-hybridized carbons (Fsp3) is 0.280. The molecule has 1 unspecified atom stereocenters. The van der Waals surface area contributed by atoms with E-state index in [0.29, 0.717) is 6.61 Å². The number of rotatable bonds is 10. The molecule has 0 amide bonds. The van der Waals surface area contributed by atoms with Crippen LogP contribution in [0.15, 0.2) is 80.4 Å². The van der Waals surface area contributed by atoms with Crippen molar-refractivity contribution < 1.29 is 4.74 Å². The lowest BCUT2D eigenvalue weighted by atomic mass is 9.73. The summed E-state index contributed by atoms with van der Waals surface area (Å²) < 4.78 is 5.82. The van der Waals surface area contributed by atoms with Crippen LogP contribution in [0.3, 0.4) is 0 Å². The van der Waals surface area contributed by atoms with Crippen molar-refractivity contribution in [3.63, 3.8) is 0 Å². The maximum atomic E-state index is 5.82. The monoisotopic (exact) mass is 346 g/mol. The number of benzene rings is 2. The third-order valence-electron chi connectivity index (χ3n) is 5.07.